The van der Waals surface area contributed by atoms with E-state index in [1.807, 2.05) is 11.0 Å². The van der Waals surface area contributed by atoms with E-state index in [0.29, 0.717) is 37.4 Å². The van der Waals surface area contributed by atoms with Crippen molar-refractivity contribution in [1.82, 2.24) is 24.8 Å². The number of nitrogens with one attached hydrogen (secondary N) is 1. The van der Waals surface area contributed by atoms with Gasteiger partial charge < -0.3 is 30.4 Å². The van der Waals surface area contributed by atoms with Gasteiger partial charge in [-0.2, -0.15) is 9.97 Å². The Balaban J connectivity index is 1.58. The van der Waals surface area contributed by atoms with Crippen molar-refractivity contribution in [3.05, 3.63) is 77.5 Å². The van der Waals surface area contributed by atoms with Crippen LogP contribution in [0.1, 0.15) is 11.1 Å². The third kappa shape index (κ3) is 5.34. The number of nitrogens with two attached hydrogens (primary N) is 1. The summed E-state index contributed by atoms with van der Waals surface area (Å²) in [6, 6.07) is 6.44. The molecule has 0 bridgehead atoms. The normalized spacial score (nSPS) is 13.2. The van der Waals surface area contributed by atoms with Gasteiger partial charge in [-0.1, -0.05) is 24.2 Å². The second kappa shape index (κ2) is 11.5. The van der Waals surface area contributed by atoms with E-state index in [9.17, 15) is 9.18 Å². The van der Waals surface area contributed by atoms with Crippen LogP contribution in [0.2, 0.25) is 5.02 Å². The highest BCUT2D eigenvalue weighted by atomic mass is 35.5. The Kier molecular flexibility index (Phi) is 7.69. The van der Waals surface area contributed by atoms with Gasteiger partial charge in [-0.05, 0) is 24.3 Å². The molecule has 5 rings (SSSR count). The molecule has 1 fully saturated rings. The van der Waals surface area contributed by atoms with E-state index in [1.165, 1.54) is 12.3 Å². The molecule has 1 aromatic carbocycles. The van der Waals surface area contributed by atoms with Crippen molar-refractivity contribution in [2.75, 3.05) is 36.8 Å². The van der Waals surface area contributed by atoms with Crippen LogP contribution in [0.4, 0.5) is 15.9 Å². The Labute approximate surface area is 233 Å². The van der Waals surface area contributed by atoms with Crippen LogP contribution in [0.25, 0.3) is 10.9 Å². The maximum atomic E-state index is 14.4. The van der Waals surface area contributed by atoms with Crippen molar-refractivity contribution in [1.29, 1.82) is 5.41 Å². The summed E-state index contributed by atoms with van der Waals surface area (Å²) in [5.74, 6) is -0.573. The molecule has 3 aromatic heterocycles. The number of halogens is 2. The minimum atomic E-state index is -0.803. The number of benzene rings is 1. The van der Waals surface area contributed by atoms with E-state index in [1.54, 1.807) is 29.4 Å². The summed E-state index contributed by atoms with van der Waals surface area (Å²) in [5, 5.41) is 7.97. The molecule has 11 nitrogen and oxygen atoms in total. The van der Waals surface area contributed by atoms with Gasteiger partial charge in [0.1, 0.15) is 28.8 Å². The molecule has 13 heteroatoms. The summed E-state index contributed by atoms with van der Waals surface area (Å²) in [4.78, 5) is 33.5. The number of piperazine rings is 1. The molecule has 1 aliphatic heterocycles. The number of carbonyl (C=O) groups is 1. The van der Waals surface area contributed by atoms with E-state index >= 15 is 0 Å². The number of pyridine rings is 2. The topological polar surface area (TPSA) is 143 Å². The summed E-state index contributed by atoms with van der Waals surface area (Å²) >= 11 is 6.21. The lowest BCUT2D eigenvalue weighted by atomic mass is 10.1. The van der Waals surface area contributed by atoms with Crippen molar-refractivity contribution in [2.24, 2.45) is 0 Å². The highest BCUT2D eigenvalue weighted by molar-refractivity contribution is 6.33. The zero-order valence-corrected chi connectivity index (χ0v) is 21.9. The number of carbonyl (C=O) groups excluding carboxylic acids is 1. The average Bonchev–Trinajstić information content (AvgIpc) is 2.99. The van der Waals surface area contributed by atoms with E-state index in [2.05, 4.69) is 26.5 Å². The molecule has 3 N–H and O–H groups in total. The Bertz CT molecular complexity index is 1600. The summed E-state index contributed by atoms with van der Waals surface area (Å²) < 4.78 is 26.3. The first-order valence-corrected chi connectivity index (χ1v) is 12.6. The summed E-state index contributed by atoms with van der Waals surface area (Å²) in [5.41, 5.74) is 7.06. The van der Waals surface area contributed by atoms with Gasteiger partial charge in [-0.15, -0.1) is 0 Å². The molecule has 0 aliphatic carbocycles. The molecule has 0 spiro atoms. The molecule has 0 radical (unpaired) electrons. The summed E-state index contributed by atoms with van der Waals surface area (Å²) in [6.07, 6.45) is 7.05. The Morgan fingerprint density at radius 1 is 1.23 bits per heavy atom. The SMILES string of the molecule is C=CC(=O)N1CCN(c2nc(OCc3cccnc3)nc3c(Oc4c(Cl)c(F)cc(N)c4C=N)nccc23)CC1. The Morgan fingerprint density at radius 2 is 2.02 bits per heavy atom. The molecule has 0 saturated carbocycles. The molecule has 4 aromatic rings. The standard InChI is InChI=1S/C27H24ClFN8O3/c1-2-21(38)36-8-10-37(11-9-36)25-17-5-7-33-26(40-24-18(13-30)20(31)12-19(29)22(24)28)23(17)34-27(35-25)39-15-16-4-3-6-32-14-16/h2-7,12-14,30H,1,8-11,15,31H2. The monoisotopic (exact) mass is 562 g/mol. The van der Waals surface area contributed by atoms with Crippen molar-refractivity contribution in [3.63, 3.8) is 0 Å². The van der Waals surface area contributed by atoms with Crippen molar-refractivity contribution < 1.29 is 18.7 Å². The van der Waals surface area contributed by atoms with Crippen LogP contribution in [-0.4, -0.2) is 63.1 Å². The molecule has 1 saturated heterocycles. The highest BCUT2D eigenvalue weighted by Crippen LogP contribution is 2.39. The van der Waals surface area contributed by atoms with E-state index in [4.69, 9.17) is 32.2 Å². The smallest absolute Gasteiger partial charge is 0.319 e. The second-order valence-corrected chi connectivity index (χ2v) is 9.14. The molecule has 204 valence electrons. The molecule has 40 heavy (non-hydrogen) atoms. The number of nitrogens with zero attached hydrogens (tertiary/aromatic N) is 6. The second-order valence-electron chi connectivity index (χ2n) is 8.76. The lowest BCUT2D eigenvalue weighted by molar-refractivity contribution is -0.126. The van der Waals surface area contributed by atoms with Crippen LogP contribution in [0.15, 0.2) is 55.5 Å². The van der Waals surface area contributed by atoms with Crippen LogP contribution in [0.3, 0.4) is 0 Å². The zero-order chi connectivity index (χ0) is 28.2. The first-order valence-electron chi connectivity index (χ1n) is 12.2. The van der Waals surface area contributed by atoms with E-state index in [-0.39, 0.29) is 51.9 Å². The van der Waals surface area contributed by atoms with Gasteiger partial charge in [0.15, 0.2) is 5.75 Å². The molecule has 1 amide bonds. The predicted octanol–water partition coefficient (Wildman–Crippen LogP) is 4.00. The fourth-order valence-corrected chi connectivity index (χ4v) is 4.45. The molecular weight excluding hydrogens is 539 g/mol. The van der Waals surface area contributed by atoms with Gasteiger partial charge in [-0.3, -0.25) is 9.78 Å². The number of nitrogen functional groups attached to an aromatic ring is 1. The van der Waals surface area contributed by atoms with Gasteiger partial charge in [-0.25, -0.2) is 9.37 Å². The summed E-state index contributed by atoms with van der Waals surface area (Å²) in [6.45, 7) is 5.65. The first kappa shape index (κ1) is 26.8. The number of hydrogen-bond acceptors (Lipinski definition) is 10. The molecular formula is C27H24ClFN8O3. The Hall–Kier alpha value is -4.84. The van der Waals surface area contributed by atoms with Crippen molar-refractivity contribution in [3.8, 4) is 17.6 Å². The quantitative estimate of drug-likeness (QED) is 0.185. The van der Waals surface area contributed by atoms with E-state index < -0.39 is 5.82 Å². The van der Waals surface area contributed by atoms with Gasteiger partial charge in [0.25, 0.3) is 0 Å². The minimum Gasteiger partial charge on any atom is -0.458 e. The maximum Gasteiger partial charge on any atom is 0.319 e. The van der Waals surface area contributed by atoms with Gasteiger partial charge in [0.2, 0.25) is 11.8 Å². The van der Waals surface area contributed by atoms with Crippen molar-refractivity contribution in [2.45, 2.75) is 6.61 Å². The number of aromatic nitrogens is 4. The van der Waals surface area contributed by atoms with Gasteiger partial charge in [0, 0.05) is 62.2 Å². The maximum absolute atomic E-state index is 14.4. The number of amides is 1. The number of fused-ring (bicyclic) bond motifs is 1. The van der Waals surface area contributed by atoms with Crippen LogP contribution in [0.5, 0.6) is 17.6 Å². The van der Waals surface area contributed by atoms with Crippen LogP contribution >= 0.6 is 11.6 Å². The van der Waals surface area contributed by atoms with Crippen LogP contribution in [-0.2, 0) is 11.4 Å². The van der Waals surface area contributed by atoms with Gasteiger partial charge >= 0.3 is 6.01 Å². The van der Waals surface area contributed by atoms with E-state index in [0.717, 1.165) is 17.8 Å². The number of anilines is 2. The predicted molar refractivity (Wildman–Crippen MR) is 149 cm³/mol. The van der Waals surface area contributed by atoms with Crippen LogP contribution < -0.4 is 20.1 Å². The highest BCUT2D eigenvalue weighted by Gasteiger charge is 2.25. The third-order valence-electron chi connectivity index (χ3n) is 6.29. The molecule has 0 atom stereocenters. The third-order valence-corrected chi connectivity index (χ3v) is 6.64. The van der Waals surface area contributed by atoms with Crippen molar-refractivity contribution >= 4 is 46.1 Å². The number of rotatable bonds is 8. The molecule has 1 aliphatic rings. The lowest BCUT2D eigenvalue weighted by Gasteiger charge is -2.35. The largest absolute Gasteiger partial charge is 0.458 e. The van der Waals surface area contributed by atoms with Gasteiger partial charge in [0.05, 0.1) is 10.9 Å². The Morgan fingerprint density at radius 3 is 2.73 bits per heavy atom. The zero-order valence-electron chi connectivity index (χ0n) is 21.2. The first-order chi connectivity index (χ1) is 19.4. The fraction of sp³-hybridized carbons (Fsp3) is 0.185. The van der Waals surface area contributed by atoms with Crippen LogP contribution in [0, 0.1) is 11.2 Å². The minimum absolute atomic E-state index is 0.0113. The number of hydrogen-bond donors (Lipinski definition) is 2. The fourth-order valence-electron chi connectivity index (χ4n) is 4.25. The number of ether oxygens (including phenoxy) is 2. The lowest BCUT2D eigenvalue weighted by Crippen LogP contribution is -2.48. The summed E-state index contributed by atoms with van der Waals surface area (Å²) in [7, 11) is 0. The average molecular weight is 563 g/mol. The molecule has 4 heterocycles. The molecule has 0 unspecified atom stereocenters.